The molecule has 0 heterocycles. The molecule has 1 aromatic rings. The lowest BCUT2D eigenvalue weighted by Crippen LogP contribution is -2.42. The number of hydrogen-bond acceptors (Lipinski definition) is 3. The first-order valence-corrected chi connectivity index (χ1v) is 5.99. The van der Waals surface area contributed by atoms with Crippen LogP contribution in [0.25, 0.3) is 0 Å². The van der Waals surface area contributed by atoms with Gasteiger partial charge in [-0.05, 0) is 24.6 Å². The van der Waals surface area contributed by atoms with Crippen LogP contribution < -0.4 is 15.4 Å². The largest absolute Gasteiger partial charge is 0.495 e. The molecule has 0 aliphatic carbocycles. The van der Waals surface area contributed by atoms with Crippen LogP contribution in [0, 0.1) is 0 Å². The average Bonchev–Trinajstić information content (AvgIpc) is 2.35. The Hall–Kier alpha value is -1.95. The fraction of sp³-hybridized carbons (Fsp3) is 0.333. The first kappa shape index (κ1) is 15.1. The first-order valence-electron chi connectivity index (χ1n) is 5.61. The number of aliphatic carboxylic acids is 1. The van der Waals surface area contributed by atoms with Crippen molar-refractivity contribution < 1.29 is 19.4 Å². The Morgan fingerprint density at radius 2 is 2.16 bits per heavy atom. The van der Waals surface area contributed by atoms with Crippen molar-refractivity contribution in [3.05, 3.63) is 23.2 Å². The predicted octanol–water partition coefficient (Wildman–Crippen LogP) is 2.33. The van der Waals surface area contributed by atoms with E-state index in [4.69, 9.17) is 21.4 Å². The van der Waals surface area contributed by atoms with Crippen LogP contribution in [-0.2, 0) is 4.79 Å². The van der Waals surface area contributed by atoms with Crippen molar-refractivity contribution in [2.45, 2.75) is 19.4 Å². The number of methoxy groups -OCH3 is 1. The predicted molar refractivity (Wildman–Crippen MR) is 71.9 cm³/mol. The number of benzene rings is 1. The molecule has 0 fully saturated rings. The minimum atomic E-state index is -1.09. The van der Waals surface area contributed by atoms with Crippen LogP contribution in [0.15, 0.2) is 18.2 Å². The van der Waals surface area contributed by atoms with Crippen molar-refractivity contribution >= 4 is 29.3 Å². The van der Waals surface area contributed by atoms with E-state index in [1.165, 1.54) is 13.2 Å². The molecule has 0 unspecified atom stereocenters. The average molecular weight is 287 g/mol. The number of amides is 2. The van der Waals surface area contributed by atoms with Gasteiger partial charge >= 0.3 is 12.0 Å². The van der Waals surface area contributed by atoms with Crippen molar-refractivity contribution in [3.63, 3.8) is 0 Å². The lowest BCUT2D eigenvalue weighted by molar-refractivity contribution is -0.139. The smallest absolute Gasteiger partial charge is 0.326 e. The highest BCUT2D eigenvalue weighted by atomic mass is 35.5. The maximum Gasteiger partial charge on any atom is 0.326 e. The molecule has 1 atom stereocenters. The number of hydrogen-bond donors (Lipinski definition) is 3. The van der Waals surface area contributed by atoms with E-state index in [2.05, 4.69) is 10.6 Å². The standard InChI is InChI=1S/C12H15ClN2O4/c1-3-8(11(16)17)14-12(18)15-9-6-7(13)4-5-10(9)19-2/h4-6,8H,3H2,1-2H3,(H,16,17)(H2,14,15,18)/t8-/m0/s1. The van der Waals surface area contributed by atoms with Gasteiger partial charge in [0.25, 0.3) is 0 Å². The van der Waals surface area contributed by atoms with E-state index in [1.807, 2.05) is 0 Å². The maximum atomic E-state index is 11.7. The van der Waals surface area contributed by atoms with Gasteiger partial charge in [0.2, 0.25) is 0 Å². The third-order valence-electron chi connectivity index (χ3n) is 2.42. The molecule has 6 nitrogen and oxygen atoms in total. The molecule has 19 heavy (non-hydrogen) atoms. The molecule has 0 saturated heterocycles. The van der Waals surface area contributed by atoms with Gasteiger partial charge in [-0.3, -0.25) is 0 Å². The summed E-state index contributed by atoms with van der Waals surface area (Å²) < 4.78 is 5.06. The second-order valence-electron chi connectivity index (χ2n) is 3.74. The Bertz CT molecular complexity index is 479. The number of halogens is 1. The quantitative estimate of drug-likeness (QED) is 0.775. The molecule has 0 saturated carbocycles. The van der Waals surface area contributed by atoms with E-state index in [9.17, 15) is 9.59 Å². The van der Waals surface area contributed by atoms with Gasteiger partial charge in [0.1, 0.15) is 11.8 Å². The molecule has 3 N–H and O–H groups in total. The molecule has 0 radical (unpaired) electrons. The summed E-state index contributed by atoms with van der Waals surface area (Å²) >= 11 is 5.82. The summed E-state index contributed by atoms with van der Waals surface area (Å²) in [6.07, 6.45) is 0.287. The number of rotatable bonds is 5. The van der Waals surface area contributed by atoms with Crippen molar-refractivity contribution in [1.29, 1.82) is 0 Å². The van der Waals surface area contributed by atoms with Gasteiger partial charge in [-0.1, -0.05) is 18.5 Å². The number of carboxylic acid groups (broad SMARTS) is 1. The summed E-state index contributed by atoms with van der Waals surface area (Å²) in [5, 5.41) is 14.1. The van der Waals surface area contributed by atoms with Crippen molar-refractivity contribution in [3.8, 4) is 5.75 Å². The fourth-order valence-corrected chi connectivity index (χ4v) is 1.61. The Morgan fingerprint density at radius 3 is 2.68 bits per heavy atom. The summed E-state index contributed by atoms with van der Waals surface area (Å²) in [5.74, 6) is -0.654. The summed E-state index contributed by atoms with van der Waals surface area (Å²) in [4.78, 5) is 22.5. The van der Waals surface area contributed by atoms with Gasteiger partial charge in [0.05, 0.1) is 12.8 Å². The van der Waals surface area contributed by atoms with Crippen LogP contribution in [-0.4, -0.2) is 30.3 Å². The summed E-state index contributed by atoms with van der Waals surface area (Å²) in [6, 6.07) is 3.17. The fourth-order valence-electron chi connectivity index (χ4n) is 1.43. The number of ether oxygens (including phenoxy) is 1. The van der Waals surface area contributed by atoms with Gasteiger partial charge in [-0.2, -0.15) is 0 Å². The molecular formula is C12H15ClN2O4. The normalized spacial score (nSPS) is 11.5. The van der Waals surface area contributed by atoms with Crippen LogP contribution in [0.1, 0.15) is 13.3 Å². The topological polar surface area (TPSA) is 87.7 Å². The number of urea groups is 1. The third kappa shape index (κ3) is 4.33. The first-order chi connectivity index (χ1) is 8.97. The highest BCUT2D eigenvalue weighted by molar-refractivity contribution is 6.31. The summed E-state index contributed by atoms with van der Waals surface area (Å²) in [6.45, 7) is 1.67. The van der Waals surface area contributed by atoms with E-state index in [-0.39, 0.29) is 6.42 Å². The zero-order valence-corrected chi connectivity index (χ0v) is 11.3. The molecule has 0 aliphatic rings. The van der Waals surface area contributed by atoms with E-state index in [0.29, 0.717) is 16.5 Å². The number of carbonyl (C=O) groups excluding carboxylic acids is 1. The van der Waals surface area contributed by atoms with Crippen LogP contribution in [0.4, 0.5) is 10.5 Å². The van der Waals surface area contributed by atoms with Crippen LogP contribution in [0.5, 0.6) is 5.75 Å². The Kier molecular flexibility index (Phi) is 5.44. The summed E-state index contributed by atoms with van der Waals surface area (Å²) in [7, 11) is 1.46. The monoisotopic (exact) mass is 286 g/mol. The highest BCUT2D eigenvalue weighted by Crippen LogP contribution is 2.27. The van der Waals surface area contributed by atoms with E-state index < -0.39 is 18.0 Å². The van der Waals surface area contributed by atoms with Crippen LogP contribution >= 0.6 is 11.6 Å². The molecule has 1 rings (SSSR count). The van der Waals surface area contributed by atoms with Gasteiger partial charge in [0.15, 0.2) is 0 Å². The highest BCUT2D eigenvalue weighted by Gasteiger charge is 2.18. The lowest BCUT2D eigenvalue weighted by Gasteiger charge is -2.15. The SMILES string of the molecule is CC[C@H](NC(=O)Nc1cc(Cl)ccc1OC)C(=O)O. The minimum absolute atomic E-state index is 0.287. The van der Waals surface area contributed by atoms with Gasteiger partial charge in [-0.15, -0.1) is 0 Å². The maximum absolute atomic E-state index is 11.7. The molecule has 104 valence electrons. The van der Waals surface area contributed by atoms with Gasteiger partial charge in [-0.25, -0.2) is 9.59 Å². The Balaban J connectivity index is 2.76. The number of carbonyl (C=O) groups is 2. The van der Waals surface area contributed by atoms with Crippen molar-refractivity contribution in [2.75, 3.05) is 12.4 Å². The van der Waals surface area contributed by atoms with E-state index in [1.54, 1.807) is 19.1 Å². The molecule has 0 spiro atoms. The van der Waals surface area contributed by atoms with Crippen molar-refractivity contribution in [2.24, 2.45) is 0 Å². The molecule has 0 aromatic heterocycles. The van der Waals surface area contributed by atoms with E-state index >= 15 is 0 Å². The van der Waals surface area contributed by atoms with Crippen molar-refractivity contribution in [1.82, 2.24) is 5.32 Å². The second kappa shape index (κ2) is 6.84. The molecule has 7 heteroatoms. The zero-order valence-electron chi connectivity index (χ0n) is 10.6. The number of nitrogens with one attached hydrogen (secondary N) is 2. The van der Waals surface area contributed by atoms with Gasteiger partial charge < -0.3 is 20.5 Å². The molecule has 0 bridgehead atoms. The molecular weight excluding hydrogens is 272 g/mol. The summed E-state index contributed by atoms with van der Waals surface area (Å²) in [5.41, 5.74) is 0.368. The van der Waals surface area contributed by atoms with Crippen LogP contribution in [0.3, 0.4) is 0 Å². The number of anilines is 1. The molecule has 0 aliphatic heterocycles. The molecule has 2 amide bonds. The lowest BCUT2D eigenvalue weighted by atomic mass is 10.2. The third-order valence-corrected chi connectivity index (χ3v) is 2.66. The number of carboxylic acids is 1. The second-order valence-corrected chi connectivity index (χ2v) is 4.18. The Morgan fingerprint density at radius 1 is 1.47 bits per heavy atom. The zero-order chi connectivity index (χ0) is 14.4. The molecule has 1 aromatic carbocycles. The minimum Gasteiger partial charge on any atom is -0.495 e. The van der Waals surface area contributed by atoms with E-state index in [0.717, 1.165) is 0 Å². The van der Waals surface area contributed by atoms with Gasteiger partial charge in [0, 0.05) is 5.02 Å². The van der Waals surface area contributed by atoms with Crippen LogP contribution in [0.2, 0.25) is 5.02 Å². The Labute approximate surface area is 115 Å².